The van der Waals surface area contributed by atoms with E-state index in [0.29, 0.717) is 18.3 Å². The van der Waals surface area contributed by atoms with E-state index in [1.165, 1.54) is 5.56 Å². The topological polar surface area (TPSA) is 59.6 Å². The lowest BCUT2D eigenvalue weighted by Gasteiger charge is -2.27. The van der Waals surface area contributed by atoms with Gasteiger partial charge in [-0.25, -0.2) is 0 Å². The number of carbonyl (C=O) groups excluding carboxylic acids is 1. The molecule has 5 heteroatoms. The molecule has 1 aromatic carbocycles. The van der Waals surface area contributed by atoms with E-state index < -0.39 is 6.10 Å². The van der Waals surface area contributed by atoms with Crippen LogP contribution in [0.2, 0.25) is 0 Å². The Bertz CT molecular complexity index is 737. The van der Waals surface area contributed by atoms with Crippen LogP contribution >= 0.6 is 0 Å². The second-order valence-corrected chi connectivity index (χ2v) is 7.43. The van der Waals surface area contributed by atoms with Crippen LogP contribution in [0.4, 0.5) is 0 Å². The van der Waals surface area contributed by atoms with Crippen LogP contribution in [0, 0.1) is 0 Å². The van der Waals surface area contributed by atoms with E-state index >= 15 is 0 Å². The number of H-pyrrole nitrogens is 1. The van der Waals surface area contributed by atoms with Crippen LogP contribution in [0.1, 0.15) is 59.4 Å². The van der Waals surface area contributed by atoms with Gasteiger partial charge in [0.25, 0.3) is 5.91 Å². The highest BCUT2D eigenvalue weighted by Crippen LogP contribution is 2.33. The van der Waals surface area contributed by atoms with Crippen molar-refractivity contribution in [2.75, 3.05) is 26.2 Å². The lowest BCUT2D eigenvalue weighted by molar-refractivity contribution is 0.0787. The molecule has 2 N–H and O–H groups in total. The number of aromatic amines is 1. The third-order valence-electron chi connectivity index (χ3n) is 5.67. The van der Waals surface area contributed by atoms with Gasteiger partial charge in [-0.2, -0.15) is 0 Å². The third-order valence-corrected chi connectivity index (χ3v) is 5.67. The zero-order valence-electron chi connectivity index (χ0n) is 15.1. The second-order valence-electron chi connectivity index (χ2n) is 7.43. The molecule has 2 aliphatic rings. The summed E-state index contributed by atoms with van der Waals surface area (Å²) in [6.07, 6.45) is 5.63. The molecule has 2 unspecified atom stereocenters. The minimum Gasteiger partial charge on any atom is -0.387 e. The Balaban J connectivity index is 1.41. The summed E-state index contributed by atoms with van der Waals surface area (Å²) < 4.78 is 0. The molecule has 2 saturated heterocycles. The van der Waals surface area contributed by atoms with Gasteiger partial charge in [-0.1, -0.05) is 30.3 Å². The van der Waals surface area contributed by atoms with Gasteiger partial charge in [0.2, 0.25) is 0 Å². The molecule has 0 spiro atoms. The average Bonchev–Trinajstić information content (AvgIpc) is 3.42. The van der Waals surface area contributed by atoms with E-state index in [9.17, 15) is 9.90 Å². The number of amides is 1. The lowest BCUT2D eigenvalue weighted by atomic mass is 10.0. The monoisotopic (exact) mass is 353 g/mol. The van der Waals surface area contributed by atoms with Gasteiger partial charge in [-0.15, -0.1) is 0 Å². The maximum absolute atomic E-state index is 12.5. The fourth-order valence-electron chi connectivity index (χ4n) is 4.24. The van der Waals surface area contributed by atoms with Gasteiger partial charge in [0.15, 0.2) is 0 Å². The number of nitrogens with one attached hydrogen (secondary N) is 1. The Kier molecular flexibility index (Phi) is 5.09. The fraction of sp³-hybridized carbons (Fsp3) is 0.476. The summed E-state index contributed by atoms with van der Waals surface area (Å²) in [5, 5.41) is 10.7. The molecular weight excluding hydrogens is 326 g/mol. The van der Waals surface area contributed by atoms with Crippen molar-refractivity contribution >= 4 is 5.91 Å². The molecule has 0 radical (unpaired) electrons. The van der Waals surface area contributed by atoms with E-state index in [2.05, 4.69) is 34.1 Å². The van der Waals surface area contributed by atoms with Gasteiger partial charge in [0.05, 0.1) is 6.10 Å². The second kappa shape index (κ2) is 7.64. The lowest BCUT2D eigenvalue weighted by Crippen LogP contribution is -2.28. The molecule has 1 amide bonds. The Labute approximate surface area is 154 Å². The van der Waals surface area contributed by atoms with Gasteiger partial charge >= 0.3 is 0 Å². The number of nitrogens with zero attached hydrogens (tertiary/aromatic N) is 2. The molecule has 1 aromatic heterocycles. The van der Waals surface area contributed by atoms with Gasteiger partial charge in [-0.05, 0) is 43.9 Å². The van der Waals surface area contributed by atoms with Crippen molar-refractivity contribution in [2.24, 2.45) is 0 Å². The highest BCUT2D eigenvalue weighted by molar-refractivity contribution is 5.92. The van der Waals surface area contributed by atoms with Crippen LogP contribution in [-0.4, -0.2) is 52.0 Å². The first-order chi connectivity index (χ1) is 12.7. The highest BCUT2D eigenvalue weighted by Gasteiger charge is 2.28. The molecule has 5 nitrogen and oxygen atoms in total. The molecule has 2 fully saturated rings. The van der Waals surface area contributed by atoms with E-state index in [1.807, 2.05) is 17.0 Å². The maximum Gasteiger partial charge on any atom is 0.270 e. The van der Waals surface area contributed by atoms with Crippen molar-refractivity contribution in [1.29, 1.82) is 0 Å². The largest absolute Gasteiger partial charge is 0.387 e. The molecule has 2 atom stereocenters. The Morgan fingerprint density at radius 3 is 2.69 bits per heavy atom. The van der Waals surface area contributed by atoms with Crippen molar-refractivity contribution in [3.8, 4) is 0 Å². The Morgan fingerprint density at radius 2 is 1.92 bits per heavy atom. The first-order valence-corrected chi connectivity index (χ1v) is 9.67. The van der Waals surface area contributed by atoms with Gasteiger partial charge < -0.3 is 15.0 Å². The van der Waals surface area contributed by atoms with Crippen LogP contribution in [0.25, 0.3) is 0 Å². The minimum absolute atomic E-state index is 0.0456. The molecule has 26 heavy (non-hydrogen) atoms. The number of rotatable bonds is 5. The summed E-state index contributed by atoms with van der Waals surface area (Å²) in [6, 6.07) is 12.7. The van der Waals surface area contributed by atoms with E-state index in [4.69, 9.17) is 0 Å². The first-order valence-electron chi connectivity index (χ1n) is 9.67. The number of aliphatic hydroxyl groups is 1. The average molecular weight is 353 g/mol. The number of β-amino-alcohol motifs (C(OH)–C–C–N with tert-alkyl or cyclic N) is 1. The molecule has 4 rings (SSSR count). The van der Waals surface area contributed by atoms with Crippen molar-refractivity contribution in [3.63, 3.8) is 0 Å². The highest BCUT2D eigenvalue weighted by atomic mass is 16.3. The van der Waals surface area contributed by atoms with Crippen LogP contribution in [0.5, 0.6) is 0 Å². The van der Waals surface area contributed by atoms with Gasteiger partial charge in [0.1, 0.15) is 5.69 Å². The van der Waals surface area contributed by atoms with Crippen LogP contribution < -0.4 is 0 Å². The molecule has 0 aliphatic carbocycles. The molecule has 0 saturated carbocycles. The first kappa shape index (κ1) is 17.3. The normalized spacial score (nSPS) is 22.0. The van der Waals surface area contributed by atoms with Crippen molar-refractivity contribution in [1.82, 2.24) is 14.8 Å². The zero-order chi connectivity index (χ0) is 17.9. The third kappa shape index (κ3) is 3.55. The van der Waals surface area contributed by atoms with Gasteiger partial charge in [-0.3, -0.25) is 9.69 Å². The summed E-state index contributed by atoms with van der Waals surface area (Å²) in [4.78, 5) is 19.8. The molecule has 2 aromatic rings. The molecule has 0 bridgehead atoms. The van der Waals surface area contributed by atoms with Crippen LogP contribution in [-0.2, 0) is 0 Å². The standard InChI is InChI=1S/C21H27N3O2/c25-20(15-24-12-6-9-19(24)16-7-2-1-3-8-16)17-13-18(22-14-17)21(26)23-10-4-5-11-23/h1-3,7-8,13-14,19-20,22,25H,4-6,9-12,15H2. The van der Waals surface area contributed by atoms with E-state index in [1.54, 1.807) is 6.20 Å². The van der Waals surface area contributed by atoms with Crippen LogP contribution in [0.3, 0.4) is 0 Å². The Morgan fingerprint density at radius 1 is 1.15 bits per heavy atom. The molecular formula is C21H27N3O2. The van der Waals surface area contributed by atoms with Crippen molar-refractivity contribution in [3.05, 3.63) is 59.4 Å². The summed E-state index contributed by atoms with van der Waals surface area (Å²) in [6.45, 7) is 3.26. The smallest absolute Gasteiger partial charge is 0.270 e. The number of hydrogen-bond acceptors (Lipinski definition) is 3. The quantitative estimate of drug-likeness (QED) is 0.868. The number of carbonyl (C=O) groups is 1. The predicted molar refractivity (Wildman–Crippen MR) is 101 cm³/mol. The molecule has 138 valence electrons. The predicted octanol–water partition coefficient (Wildman–Crippen LogP) is 3.12. The number of benzene rings is 1. The molecule has 3 heterocycles. The van der Waals surface area contributed by atoms with Crippen molar-refractivity contribution < 1.29 is 9.90 Å². The number of aliphatic hydroxyl groups excluding tert-OH is 1. The van der Waals surface area contributed by atoms with Crippen LogP contribution in [0.15, 0.2) is 42.6 Å². The summed E-state index contributed by atoms with van der Waals surface area (Å²) in [5.41, 5.74) is 2.70. The van der Waals surface area contributed by atoms with Gasteiger partial charge in [0, 0.05) is 37.4 Å². The zero-order valence-corrected chi connectivity index (χ0v) is 15.1. The SMILES string of the molecule is O=C(c1cc(C(O)CN2CCCC2c2ccccc2)c[nH]1)N1CCCC1. The van der Waals surface area contributed by atoms with Crippen molar-refractivity contribution in [2.45, 2.75) is 37.8 Å². The molecule has 2 aliphatic heterocycles. The number of likely N-dealkylation sites (tertiary alicyclic amines) is 2. The maximum atomic E-state index is 12.5. The number of aromatic nitrogens is 1. The fourth-order valence-corrected chi connectivity index (χ4v) is 4.24. The summed E-state index contributed by atoms with van der Waals surface area (Å²) in [5.74, 6) is 0.0456. The summed E-state index contributed by atoms with van der Waals surface area (Å²) in [7, 11) is 0. The minimum atomic E-state index is -0.587. The van der Waals surface area contributed by atoms with E-state index in [-0.39, 0.29) is 5.91 Å². The van der Waals surface area contributed by atoms with E-state index in [0.717, 1.165) is 50.9 Å². The number of hydrogen-bond donors (Lipinski definition) is 2. The summed E-state index contributed by atoms with van der Waals surface area (Å²) >= 11 is 0. The Hall–Kier alpha value is -2.11.